The molecule has 0 fully saturated rings. The van der Waals surface area contributed by atoms with Gasteiger partial charge in [0.2, 0.25) is 0 Å². The van der Waals surface area contributed by atoms with E-state index in [1.165, 1.54) is 0 Å². The Kier molecular flexibility index (Phi) is 4.23. The van der Waals surface area contributed by atoms with Crippen molar-refractivity contribution in [1.29, 1.82) is 0 Å². The Balaban J connectivity index is 2.13. The normalized spacial score (nSPS) is 10.4. The summed E-state index contributed by atoms with van der Waals surface area (Å²) in [5.41, 5.74) is 1.64. The first-order valence-electron chi connectivity index (χ1n) is 5.22. The van der Waals surface area contributed by atoms with E-state index in [0.29, 0.717) is 27.3 Å². The number of benzene rings is 2. The maximum absolute atomic E-state index is 9.35. The second-order valence-electron chi connectivity index (χ2n) is 3.77. The number of nitrogens with one attached hydrogen (secondary N) is 1. The fraction of sp³-hybridized carbons (Fsp3) is 0.0769. The Bertz CT molecular complexity index is 572. The molecular weight excluding hydrogens is 293 g/mol. The van der Waals surface area contributed by atoms with Crippen LogP contribution < -0.4 is 5.32 Å². The van der Waals surface area contributed by atoms with Crippen LogP contribution in [0.3, 0.4) is 0 Å². The van der Waals surface area contributed by atoms with Crippen LogP contribution in [0.25, 0.3) is 0 Å². The lowest BCUT2D eigenvalue weighted by atomic mass is 10.2. The van der Waals surface area contributed by atoms with Crippen molar-refractivity contribution >= 4 is 40.5 Å². The van der Waals surface area contributed by atoms with Crippen molar-refractivity contribution in [2.24, 2.45) is 0 Å². The van der Waals surface area contributed by atoms with Crippen LogP contribution in [0.5, 0.6) is 5.75 Å². The Hall–Kier alpha value is -1.09. The number of phenolic OH excluding ortho intramolecular Hbond substituents is 1. The molecule has 0 heterocycles. The van der Waals surface area contributed by atoms with Crippen molar-refractivity contribution in [1.82, 2.24) is 0 Å². The molecule has 2 aromatic rings. The zero-order valence-corrected chi connectivity index (χ0v) is 11.5. The highest BCUT2D eigenvalue weighted by molar-refractivity contribution is 6.44. The molecule has 0 spiro atoms. The van der Waals surface area contributed by atoms with E-state index < -0.39 is 0 Å². The lowest BCUT2D eigenvalue weighted by Crippen LogP contribution is -1.99. The van der Waals surface area contributed by atoms with Crippen LogP contribution in [0, 0.1) is 0 Å². The Morgan fingerprint density at radius 3 is 2.39 bits per heavy atom. The Labute approximate surface area is 120 Å². The third-order valence-electron chi connectivity index (χ3n) is 2.40. The minimum Gasteiger partial charge on any atom is -0.508 e. The molecule has 0 aromatic heterocycles. The maximum atomic E-state index is 9.35. The third-order valence-corrected chi connectivity index (χ3v) is 3.44. The zero-order valence-electron chi connectivity index (χ0n) is 9.25. The first-order valence-corrected chi connectivity index (χ1v) is 6.36. The molecule has 2 rings (SSSR count). The first kappa shape index (κ1) is 13.3. The molecule has 5 heteroatoms. The second kappa shape index (κ2) is 5.70. The largest absolute Gasteiger partial charge is 0.508 e. The Morgan fingerprint density at radius 1 is 0.944 bits per heavy atom. The number of anilines is 1. The summed E-state index contributed by atoms with van der Waals surface area (Å²) in [6.07, 6.45) is 0. The third kappa shape index (κ3) is 3.22. The van der Waals surface area contributed by atoms with Gasteiger partial charge in [0, 0.05) is 6.54 Å². The molecule has 0 amide bonds. The number of hydrogen-bond donors (Lipinski definition) is 2. The van der Waals surface area contributed by atoms with Crippen LogP contribution in [-0.4, -0.2) is 5.11 Å². The van der Waals surface area contributed by atoms with Crippen molar-refractivity contribution in [2.45, 2.75) is 6.54 Å². The van der Waals surface area contributed by atoms with Crippen LogP contribution in [-0.2, 0) is 6.54 Å². The molecule has 2 nitrogen and oxygen atoms in total. The van der Waals surface area contributed by atoms with Crippen molar-refractivity contribution < 1.29 is 5.11 Å². The minimum absolute atomic E-state index is 0.231. The smallest absolute Gasteiger partial charge is 0.115 e. The van der Waals surface area contributed by atoms with Crippen LogP contribution in [0.4, 0.5) is 5.69 Å². The molecule has 0 saturated carbocycles. The topological polar surface area (TPSA) is 32.3 Å². The van der Waals surface area contributed by atoms with Crippen LogP contribution in [0.2, 0.25) is 15.1 Å². The van der Waals surface area contributed by atoms with Gasteiger partial charge >= 0.3 is 0 Å². The summed E-state index contributed by atoms with van der Waals surface area (Å²) < 4.78 is 0. The second-order valence-corrected chi connectivity index (χ2v) is 4.99. The van der Waals surface area contributed by atoms with Gasteiger partial charge in [-0.05, 0) is 29.8 Å². The van der Waals surface area contributed by atoms with Crippen LogP contribution >= 0.6 is 34.8 Å². The van der Waals surface area contributed by atoms with E-state index >= 15 is 0 Å². The average molecular weight is 303 g/mol. The summed E-state index contributed by atoms with van der Waals surface area (Å²) >= 11 is 17.8. The van der Waals surface area contributed by atoms with Crippen molar-refractivity contribution in [3.8, 4) is 5.75 Å². The molecule has 94 valence electrons. The predicted molar refractivity (Wildman–Crippen MR) is 76.9 cm³/mol. The zero-order chi connectivity index (χ0) is 13.1. The lowest BCUT2D eigenvalue weighted by molar-refractivity contribution is 0.474. The molecule has 0 atom stereocenters. The number of aromatic hydroxyl groups is 1. The first-order chi connectivity index (χ1) is 8.56. The van der Waals surface area contributed by atoms with E-state index in [0.717, 1.165) is 5.56 Å². The van der Waals surface area contributed by atoms with Crippen molar-refractivity contribution in [3.63, 3.8) is 0 Å². The summed E-state index contributed by atoms with van der Waals surface area (Å²) in [6, 6.07) is 10.3. The lowest BCUT2D eigenvalue weighted by Gasteiger charge is -2.10. The maximum Gasteiger partial charge on any atom is 0.115 e. The van der Waals surface area contributed by atoms with Gasteiger partial charge in [0.05, 0.1) is 20.8 Å². The van der Waals surface area contributed by atoms with E-state index in [4.69, 9.17) is 34.8 Å². The van der Waals surface area contributed by atoms with E-state index in [1.807, 2.05) is 6.07 Å². The fourth-order valence-corrected chi connectivity index (χ4v) is 2.14. The van der Waals surface area contributed by atoms with Gasteiger partial charge in [-0.3, -0.25) is 0 Å². The fourth-order valence-electron chi connectivity index (χ4n) is 1.52. The van der Waals surface area contributed by atoms with Gasteiger partial charge in [0.15, 0.2) is 0 Å². The average Bonchev–Trinajstić information content (AvgIpc) is 2.32. The monoisotopic (exact) mass is 301 g/mol. The number of phenols is 1. The molecule has 0 radical (unpaired) electrons. The number of halogens is 3. The van der Waals surface area contributed by atoms with Crippen LogP contribution in [0.15, 0.2) is 36.4 Å². The van der Waals surface area contributed by atoms with Crippen LogP contribution in [0.1, 0.15) is 5.56 Å². The summed E-state index contributed by atoms with van der Waals surface area (Å²) in [7, 11) is 0. The van der Waals surface area contributed by atoms with Crippen molar-refractivity contribution in [2.75, 3.05) is 5.32 Å². The quantitative estimate of drug-likeness (QED) is 0.785. The molecule has 0 aliphatic heterocycles. The molecular formula is C13H10Cl3NO. The summed E-state index contributed by atoms with van der Waals surface area (Å²) in [6.45, 7) is 0.534. The SMILES string of the molecule is Oc1cccc(CNc2cc(Cl)c(Cl)cc2Cl)c1. The van der Waals surface area contributed by atoms with Gasteiger partial charge < -0.3 is 10.4 Å². The summed E-state index contributed by atoms with van der Waals surface area (Å²) in [5, 5.41) is 13.9. The number of rotatable bonds is 3. The molecule has 18 heavy (non-hydrogen) atoms. The van der Waals surface area contributed by atoms with Gasteiger partial charge in [0.25, 0.3) is 0 Å². The molecule has 0 aliphatic rings. The van der Waals surface area contributed by atoms with Crippen molar-refractivity contribution in [3.05, 3.63) is 57.0 Å². The minimum atomic E-state index is 0.231. The predicted octanol–water partition coefficient (Wildman–Crippen LogP) is 4.96. The molecule has 0 saturated heterocycles. The van der Waals surface area contributed by atoms with E-state index in [-0.39, 0.29) is 5.75 Å². The summed E-state index contributed by atoms with van der Waals surface area (Å²) in [5.74, 6) is 0.231. The molecule has 0 bridgehead atoms. The van der Waals surface area contributed by atoms with E-state index in [9.17, 15) is 5.11 Å². The molecule has 2 N–H and O–H groups in total. The highest BCUT2D eigenvalue weighted by Crippen LogP contribution is 2.32. The standard InChI is InChI=1S/C13H10Cl3NO/c14-10-5-12(16)13(6-11(10)15)17-7-8-2-1-3-9(18)4-8/h1-6,17-18H,7H2. The molecule has 2 aromatic carbocycles. The highest BCUT2D eigenvalue weighted by atomic mass is 35.5. The molecule has 0 aliphatic carbocycles. The Morgan fingerprint density at radius 2 is 1.67 bits per heavy atom. The highest BCUT2D eigenvalue weighted by Gasteiger charge is 2.05. The van der Waals surface area contributed by atoms with Gasteiger partial charge in [0.1, 0.15) is 5.75 Å². The van der Waals surface area contributed by atoms with Gasteiger partial charge in [-0.25, -0.2) is 0 Å². The van der Waals surface area contributed by atoms with Gasteiger partial charge in [-0.15, -0.1) is 0 Å². The van der Waals surface area contributed by atoms with E-state index in [2.05, 4.69) is 5.32 Å². The van der Waals surface area contributed by atoms with Gasteiger partial charge in [-0.1, -0.05) is 46.9 Å². The number of hydrogen-bond acceptors (Lipinski definition) is 2. The van der Waals surface area contributed by atoms with E-state index in [1.54, 1.807) is 30.3 Å². The molecule has 0 unspecified atom stereocenters. The van der Waals surface area contributed by atoms with Gasteiger partial charge in [-0.2, -0.15) is 0 Å². The summed E-state index contributed by atoms with van der Waals surface area (Å²) in [4.78, 5) is 0.